The molecule has 3 heteroatoms. The van der Waals surface area contributed by atoms with Gasteiger partial charge in [-0.05, 0) is 54.8 Å². The number of ether oxygens (including phenoxy) is 1. The van der Waals surface area contributed by atoms with Gasteiger partial charge in [0, 0.05) is 6.42 Å². The van der Waals surface area contributed by atoms with Crippen molar-refractivity contribution in [3.05, 3.63) is 0 Å². The van der Waals surface area contributed by atoms with Crippen LogP contribution in [0.2, 0.25) is 0 Å². The van der Waals surface area contributed by atoms with Gasteiger partial charge >= 0.3 is 5.97 Å². The van der Waals surface area contributed by atoms with E-state index in [4.69, 9.17) is 4.74 Å². The molecule has 0 spiro atoms. The molecular weight excluding hydrogens is 276 g/mol. The molecule has 0 aromatic carbocycles. The van der Waals surface area contributed by atoms with Crippen molar-refractivity contribution in [3.8, 4) is 0 Å². The van der Waals surface area contributed by atoms with Crippen LogP contribution in [-0.4, -0.2) is 18.4 Å². The highest BCUT2D eigenvalue weighted by atomic mass is 16.5. The van der Waals surface area contributed by atoms with Crippen LogP contribution >= 0.6 is 0 Å². The van der Waals surface area contributed by atoms with Gasteiger partial charge in [0.1, 0.15) is 6.61 Å². The Hall–Kier alpha value is -0.860. The normalized spacial score (nSPS) is 42.4. The number of rotatable bonds is 6. The average Bonchev–Trinajstić information content (AvgIpc) is 3.21. The van der Waals surface area contributed by atoms with Crippen molar-refractivity contribution in [2.45, 2.75) is 59.3 Å². The molecule has 0 aromatic heterocycles. The van der Waals surface area contributed by atoms with Gasteiger partial charge in [0.25, 0.3) is 0 Å². The summed E-state index contributed by atoms with van der Waals surface area (Å²) < 4.78 is 5.31. The first-order chi connectivity index (χ1) is 10.6. The Labute approximate surface area is 134 Å². The van der Waals surface area contributed by atoms with Crippen LogP contribution in [0.1, 0.15) is 59.3 Å². The second-order valence-electron chi connectivity index (χ2n) is 7.73. The summed E-state index contributed by atoms with van der Waals surface area (Å²) in [6.07, 6.45) is 6.59. The van der Waals surface area contributed by atoms with E-state index in [1.165, 1.54) is 25.7 Å². The average molecular weight is 306 g/mol. The van der Waals surface area contributed by atoms with Crippen molar-refractivity contribution >= 4 is 11.8 Å². The zero-order valence-electron chi connectivity index (χ0n) is 14.2. The molecule has 0 aromatic rings. The fraction of sp³-hybridized carbons (Fsp3) is 0.895. The molecule has 0 aliphatic heterocycles. The number of fused-ring (bicyclic) bond motifs is 5. The highest BCUT2D eigenvalue weighted by Gasteiger charge is 2.61. The second-order valence-corrected chi connectivity index (χ2v) is 7.73. The van der Waals surface area contributed by atoms with Gasteiger partial charge in [-0.1, -0.05) is 33.6 Å². The monoisotopic (exact) mass is 306 g/mol. The summed E-state index contributed by atoms with van der Waals surface area (Å²) in [4.78, 5) is 23.8. The molecule has 3 nitrogen and oxygen atoms in total. The molecule has 0 radical (unpaired) electrons. The molecule has 7 atom stereocenters. The van der Waals surface area contributed by atoms with E-state index in [1.807, 2.05) is 6.92 Å². The van der Waals surface area contributed by atoms with E-state index in [0.717, 1.165) is 36.0 Å². The van der Waals surface area contributed by atoms with Crippen LogP contribution in [0.25, 0.3) is 0 Å². The lowest BCUT2D eigenvalue weighted by Gasteiger charge is -2.34. The first kappa shape index (κ1) is 16.0. The van der Waals surface area contributed by atoms with Crippen LogP contribution in [0.5, 0.6) is 0 Å². The zero-order valence-corrected chi connectivity index (χ0v) is 14.2. The van der Waals surface area contributed by atoms with Gasteiger partial charge in [-0.3, -0.25) is 9.59 Å². The third kappa shape index (κ3) is 2.51. The number of carbonyl (C=O) groups excluding carboxylic acids is 2. The number of ketones is 1. The summed E-state index contributed by atoms with van der Waals surface area (Å²) >= 11 is 0. The minimum atomic E-state index is -0.0949. The summed E-state index contributed by atoms with van der Waals surface area (Å²) in [6, 6.07) is 0. The first-order valence-electron chi connectivity index (χ1n) is 9.28. The predicted octanol–water partition coefficient (Wildman–Crippen LogP) is 3.85. The van der Waals surface area contributed by atoms with E-state index in [2.05, 4.69) is 13.8 Å². The molecule has 3 saturated carbocycles. The van der Waals surface area contributed by atoms with Crippen molar-refractivity contribution < 1.29 is 14.3 Å². The molecule has 7 unspecified atom stereocenters. The maximum atomic E-state index is 12.4. The van der Waals surface area contributed by atoms with Crippen molar-refractivity contribution in [2.75, 3.05) is 6.61 Å². The quantitative estimate of drug-likeness (QED) is 0.700. The molecule has 3 fully saturated rings. The maximum Gasteiger partial charge on any atom is 0.309 e. The van der Waals surface area contributed by atoms with Crippen LogP contribution in [0.3, 0.4) is 0 Å². The summed E-state index contributed by atoms with van der Waals surface area (Å²) in [6.45, 7) is 6.42. The molecule has 22 heavy (non-hydrogen) atoms. The van der Waals surface area contributed by atoms with E-state index < -0.39 is 0 Å². The van der Waals surface area contributed by atoms with E-state index in [-0.39, 0.29) is 24.3 Å². The molecule has 124 valence electrons. The zero-order chi connectivity index (χ0) is 15.9. The molecule has 2 bridgehead atoms. The van der Waals surface area contributed by atoms with Gasteiger partial charge in [-0.25, -0.2) is 0 Å². The Morgan fingerprint density at radius 3 is 2.27 bits per heavy atom. The third-order valence-corrected chi connectivity index (χ3v) is 6.95. The van der Waals surface area contributed by atoms with E-state index >= 15 is 0 Å². The lowest BCUT2D eigenvalue weighted by atomic mass is 9.70. The molecule has 3 aliphatic carbocycles. The van der Waals surface area contributed by atoms with Gasteiger partial charge in [0.15, 0.2) is 5.78 Å². The lowest BCUT2D eigenvalue weighted by Crippen LogP contribution is -2.35. The topological polar surface area (TPSA) is 43.4 Å². The summed E-state index contributed by atoms with van der Waals surface area (Å²) in [5.41, 5.74) is 0. The number of Topliss-reactive ketones (excluding diaryl/α,β-unsaturated/α-hetero) is 1. The minimum absolute atomic E-state index is 0.0210. The standard InChI is InChI=1S/C19H30O3/c1-4-11-7-12(5-2)18-15-8-13(17(11)18)9-16(15)19(21)22-10-14(20)6-3/h11-13,15-18H,4-10H2,1-3H3. The van der Waals surface area contributed by atoms with E-state index in [0.29, 0.717) is 12.3 Å². The highest BCUT2D eigenvalue weighted by Crippen LogP contribution is 2.65. The Kier molecular flexibility index (Phi) is 4.61. The minimum Gasteiger partial charge on any atom is -0.457 e. The van der Waals surface area contributed by atoms with Crippen molar-refractivity contribution in [2.24, 2.45) is 41.4 Å². The SMILES string of the molecule is CCC(=O)COC(=O)C1CC2CC1C1C(CC)CC(CC)C21. The number of hydrogen-bond acceptors (Lipinski definition) is 3. The maximum absolute atomic E-state index is 12.4. The Morgan fingerprint density at radius 1 is 0.955 bits per heavy atom. The number of hydrogen-bond donors (Lipinski definition) is 0. The largest absolute Gasteiger partial charge is 0.457 e. The van der Waals surface area contributed by atoms with Gasteiger partial charge < -0.3 is 4.74 Å². The molecule has 3 rings (SSSR count). The van der Waals surface area contributed by atoms with Gasteiger partial charge in [-0.15, -0.1) is 0 Å². The first-order valence-corrected chi connectivity index (χ1v) is 9.28. The van der Waals surface area contributed by atoms with Crippen LogP contribution in [0, 0.1) is 41.4 Å². The van der Waals surface area contributed by atoms with Crippen molar-refractivity contribution in [1.29, 1.82) is 0 Å². The smallest absolute Gasteiger partial charge is 0.309 e. The second kappa shape index (κ2) is 6.33. The molecule has 0 N–H and O–H groups in total. The molecule has 0 amide bonds. The van der Waals surface area contributed by atoms with Crippen LogP contribution in [0.15, 0.2) is 0 Å². The highest BCUT2D eigenvalue weighted by molar-refractivity contribution is 5.82. The molecule has 0 saturated heterocycles. The van der Waals surface area contributed by atoms with E-state index in [9.17, 15) is 9.59 Å². The summed E-state index contributed by atoms with van der Waals surface area (Å²) in [5.74, 6) is 4.54. The summed E-state index contributed by atoms with van der Waals surface area (Å²) in [5, 5.41) is 0. The lowest BCUT2D eigenvalue weighted by molar-refractivity contribution is -0.155. The predicted molar refractivity (Wildman–Crippen MR) is 85.1 cm³/mol. The number of carbonyl (C=O) groups is 2. The van der Waals surface area contributed by atoms with Gasteiger partial charge in [0.2, 0.25) is 0 Å². The fourth-order valence-corrected chi connectivity index (χ4v) is 6.03. The Balaban J connectivity index is 1.67. The fourth-order valence-electron chi connectivity index (χ4n) is 6.03. The van der Waals surface area contributed by atoms with Crippen molar-refractivity contribution in [3.63, 3.8) is 0 Å². The third-order valence-electron chi connectivity index (χ3n) is 6.95. The Bertz CT molecular complexity index is 444. The molecule has 0 heterocycles. The molecular formula is C19H30O3. The molecule has 3 aliphatic rings. The van der Waals surface area contributed by atoms with Crippen LogP contribution in [-0.2, 0) is 14.3 Å². The van der Waals surface area contributed by atoms with Gasteiger partial charge in [0.05, 0.1) is 5.92 Å². The number of esters is 1. The van der Waals surface area contributed by atoms with Crippen molar-refractivity contribution in [1.82, 2.24) is 0 Å². The Morgan fingerprint density at radius 2 is 1.64 bits per heavy atom. The van der Waals surface area contributed by atoms with Crippen LogP contribution in [0.4, 0.5) is 0 Å². The van der Waals surface area contributed by atoms with Crippen LogP contribution < -0.4 is 0 Å². The van der Waals surface area contributed by atoms with E-state index in [1.54, 1.807) is 0 Å². The van der Waals surface area contributed by atoms with Gasteiger partial charge in [-0.2, -0.15) is 0 Å². The summed E-state index contributed by atoms with van der Waals surface area (Å²) in [7, 11) is 0.